The topological polar surface area (TPSA) is 94.0 Å². The summed E-state index contributed by atoms with van der Waals surface area (Å²) in [6, 6.07) is 5.89. The lowest BCUT2D eigenvalue weighted by Crippen LogP contribution is -2.14. The van der Waals surface area contributed by atoms with Crippen LogP contribution >= 0.6 is 15.9 Å². The third-order valence-electron chi connectivity index (χ3n) is 2.70. The van der Waals surface area contributed by atoms with Crippen molar-refractivity contribution in [1.82, 2.24) is 4.98 Å². The lowest BCUT2D eigenvalue weighted by atomic mass is 10.2. The number of nitrogens with zero attached hydrogens (tertiary/aromatic N) is 1. The van der Waals surface area contributed by atoms with E-state index in [1.54, 1.807) is 13.0 Å². The molecule has 0 atom stereocenters. The van der Waals surface area contributed by atoms with Crippen LogP contribution in [-0.2, 0) is 0 Å². The van der Waals surface area contributed by atoms with Crippen LogP contribution in [0.5, 0.6) is 0 Å². The number of nitrogens with one attached hydrogen (secondary N) is 1. The van der Waals surface area contributed by atoms with Crippen molar-refractivity contribution in [2.45, 2.75) is 6.92 Å². The minimum Gasteiger partial charge on any atom is -0.396 e. The number of amides is 1. The Kier molecular flexibility index (Phi) is 3.89. The number of nitrogen functional groups attached to an aromatic ring is 1. The molecule has 20 heavy (non-hydrogen) atoms. The lowest BCUT2D eigenvalue weighted by molar-refractivity contribution is 0.0996. The fraction of sp³-hybridized carbons (Fsp3) is 0.0769. The number of aromatic nitrogens is 1. The number of primary amides is 1. The second kappa shape index (κ2) is 5.46. The highest BCUT2D eigenvalue weighted by molar-refractivity contribution is 9.10. The van der Waals surface area contributed by atoms with Gasteiger partial charge in [-0.1, -0.05) is 0 Å². The summed E-state index contributed by atoms with van der Waals surface area (Å²) in [6.45, 7) is 1.81. The Balaban J connectivity index is 2.42. The Morgan fingerprint density at radius 1 is 1.40 bits per heavy atom. The van der Waals surface area contributed by atoms with Gasteiger partial charge in [-0.15, -0.1) is 0 Å². The quantitative estimate of drug-likeness (QED) is 0.801. The van der Waals surface area contributed by atoms with Gasteiger partial charge in [0.15, 0.2) is 5.82 Å². The summed E-state index contributed by atoms with van der Waals surface area (Å²) in [4.78, 5) is 15.1. The average molecular weight is 339 g/mol. The van der Waals surface area contributed by atoms with Gasteiger partial charge in [-0.25, -0.2) is 9.37 Å². The highest BCUT2D eigenvalue weighted by Gasteiger charge is 2.10. The van der Waals surface area contributed by atoms with E-state index in [0.29, 0.717) is 15.8 Å². The molecule has 0 radical (unpaired) electrons. The number of anilines is 3. The second-order valence-electron chi connectivity index (χ2n) is 4.20. The molecule has 0 saturated heterocycles. The second-order valence-corrected chi connectivity index (χ2v) is 5.06. The van der Waals surface area contributed by atoms with Crippen molar-refractivity contribution in [3.63, 3.8) is 0 Å². The predicted octanol–water partition coefficient (Wildman–Crippen LogP) is 2.72. The van der Waals surface area contributed by atoms with Crippen molar-refractivity contribution < 1.29 is 9.18 Å². The van der Waals surface area contributed by atoms with Crippen molar-refractivity contribution in [3.8, 4) is 0 Å². The number of rotatable bonds is 3. The Bertz CT molecular complexity index is 690. The Labute approximate surface area is 123 Å². The zero-order valence-electron chi connectivity index (χ0n) is 10.6. The first-order valence-electron chi connectivity index (χ1n) is 5.67. The first-order valence-corrected chi connectivity index (χ1v) is 6.47. The van der Waals surface area contributed by atoms with E-state index in [9.17, 15) is 9.18 Å². The van der Waals surface area contributed by atoms with Gasteiger partial charge in [-0.2, -0.15) is 0 Å². The van der Waals surface area contributed by atoms with Crippen molar-refractivity contribution >= 4 is 39.0 Å². The van der Waals surface area contributed by atoms with Gasteiger partial charge in [-0.3, -0.25) is 4.79 Å². The van der Waals surface area contributed by atoms with E-state index in [1.165, 1.54) is 18.2 Å². The fourth-order valence-electron chi connectivity index (χ4n) is 1.62. The molecule has 0 aliphatic heterocycles. The molecule has 0 unspecified atom stereocenters. The molecule has 104 valence electrons. The highest BCUT2D eigenvalue weighted by Crippen LogP contribution is 2.28. The van der Waals surface area contributed by atoms with Crippen molar-refractivity contribution in [1.29, 1.82) is 0 Å². The first kappa shape index (κ1) is 14.3. The summed E-state index contributed by atoms with van der Waals surface area (Å²) in [7, 11) is 0. The molecule has 0 aliphatic carbocycles. The molecule has 0 saturated carbocycles. The van der Waals surface area contributed by atoms with Gasteiger partial charge in [-0.05, 0) is 52.7 Å². The smallest absolute Gasteiger partial charge is 0.267 e. The van der Waals surface area contributed by atoms with E-state index in [0.717, 1.165) is 5.56 Å². The average Bonchev–Trinajstić information content (AvgIpc) is 2.38. The molecule has 0 bridgehead atoms. The Morgan fingerprint density at radius 3 is 2.75 bits per heavy atom. The Hall–Kier alpha value is -2.15. The van der Waals surface area contributed by atoms with E-state index in [-0.39, 0.29) is 11.5 Å². The number of halogens is 2. The zero-order valence-corrected chi connectivity index (χ0v) is 12.2. The van der Waals surface area contributed by atoms with Crippen LogP contribution in [-0.4, -0.2) is 10.9 Å². The van der Waals surface area contributed by atoms with Crippen molar-refractivity contribution in [2.75, 3.05) is 11.1 Å². The van der Waals surface area contributed by atoms with Crippen LogP contribution in [0.25, 0.3) is 0 Å². The lowest BCUT2D eigenvalue weighted by Gasteiger charge is -2.12. The van der Waals surface area contributed by atoms with Gasteiger partial charge in [0.25, 0.3) is 5.91 Å². The number of hydrogen-bond acceptors (Lipinski definition) is 4. The highest BCUT2D eigenvalue weighted by atomic mass is 79.9. The molecule has 1 aromatic carbocycles. The first-order chi connectivity index (χ1) is 9.38. The van der Waals surface area contributed by atoms with Gasteiger partial charge < -0.3 is 16.8 Å². The summed E-state index contributed by atoms with van der Waals surface area (Å²) in [5, 5.41) is 2.90. The van der Waals surface area contributed by atoms with Crippen LogP contribution in [0, 0.1) is 12.7 Å². The molecule has 5 nitrogen and oxygen atoms in total. The van der Waals surface area contributed by atoms with Gasteiger partial charge in [0.2, 0.25) is 0 Å². The number of carbonyl (C=O) groups is 1. The number of pyridine rings is 1. The molecule has 1 amide bonds. The van der Waals surface area contributed by atoms with Crippen LogP contribution in [0.2, 0.25) is 0 Å². The maximum atomic E-state index is 13.6. The SMILES string of the molecule is Cc1cc(Br)c(F)cc1Nc1nc(C(N)=O)ccc1N. The van der Waals surface area contributed by atoms with E-state index in [2.05, 4.69) is 26.2 Å². The van der Waals surface area contributed by atoms with Crippen LogP contribution in [0.1, 0.15) is 16.1 Å². The molecule has 1 aromatic heterocycles. The molecular weight excluding hydrogens is 327 g/mol. The molecule has 7 heteroatoms. The molecule has 1 heterocycles. The summed E-state index contributed by atoms with van der Waals surface area (Å²) in [6.07, 6.45) is 0. The predicted molar refractivity (Wildman–Crippen MR) is 79.3 cm³/mol. The molecule has 2 rings (SSSR count). The third kappa shape index (κ3) is 2.88. The largest absolute Gasteiger partial charge is 0.396 e. The number of aryl methyl sites for hydroxylation is 1. The maximum absolute atomic E-state index is 13.6. The molecule has 0 spiro atoms. The monoisotopic (exact) mass is 338 g/mol. The number of carbonyl (C=O) groups excluding carboxylic acids is 1. The molecule has 2 aromatic rings. The van der Waals surface area contributed by atoms with E-state index >= 15 is 0 Å². The van der Waals surface area contributed by atoms with Gasteiger partial charge >= 0.3 is 0 Å². The van der Waals surface area contributed by atoms with Crippen molar-refractivity contribution in [2.24, 2.45) is 5.73 Å². The number of nitrogens with two attached hydrogens (primary N) is 2. The zero-order chi connectivity index (χ0) is 14.9. The molecule has 0 aliphatic rings. The van der Waals surface area contributed by atoms with E-state index in [4.69, 9.17) is 11.5 Å². The summed E-state index contributed by atoms with van der Waals surface area (Å²) < 4.78 is 13.9. The molecular formula is C13H12BrFN4O. The minimum absolute atomic E-state index is 0.0805. The molecule has 0 fully saturated rings. The summed E-state index contributed by atoms with van der Waals surface area (Å²) in [5.41, 5.74) is 12.7. The molecule has 5 N–H and O–H groups in total. The number of hydrogen-bond donors (Lipinski definition) is 3. The van der Waals surface area contributed by atoms with Crippen LogP contribution in [0.3, 0.4) is 0 Å². The third-order valence-corrected chi connectivity index (χ3v) is 3.31. The van der Waals surface area contributed by atoms with Crippen LogP contribution in [0.15, 0.2) is 28.7 Å². The van der Waals surface area contributed by atoms with Gasteiger partial charge in [0, 0.05) is 5.69 Å². The van der Waals surface area contributed by atoms with E-state index < -0.39 is 11.7 Å². The van der Waals surface area contributed by atoms with Crippen molar-refractivity contribution in [3.05, 3.63) is 45.8 Å². The van der Waals surface area contributed by atoms with Gasteiger partial charge in [0.1, 0.15) is 11.5 Å². The van der Waals surface area contributed by atoms with E-state index in [1.807, 2.05) is 0 Å². The van der Waals surface area contributed by atoms with Crippen LogP contribution < -0.4 is 16.8 Å². The standard InChI is InChI=1S/C13H12BrFN4O/c1-6-4-7(14)8(15)5-11(6)19-13-9(16)2-3-10(18-13)12(17)20/h2-5H,16H2,1H3,(H2,17,20)(H,18,19). The number of benzene rings is 1. The maximum Gasteiger partial charge on any atom is 0.267 e. The summed E-state index contributed by atoms with van der Waals surface area (Å²) in [5.74, 6) is -0.819. The minimum atomic E-state index is -0.660. The summed E-state index contributed by atoms with van der Waals surface area (Å²) >= 11 is 3.11. The normalized spacial score (nSPS) is 10.3. The van der Waals surface area contributed by atoms with Gasteiger partial charge in [0.05, 0.1) is 10.2 Å². The fourth-order valence-corrected chi connectivity index (χ4v) is 2.07. The Morgan fingerprint density at radius 2 is 2.10 bits per heavy atom. The van der Waals surface area contributed by atoms with Crippen LogP contribution in [0.4, 0.5) is 21.6 Å².